The maximum atomic E-state index is 13.2. The SMILES string of the molecule is [3H][C@@H]1CC(OC(=O)NC)[C@@H](COP(C)(=O)OC2C[C@@H]([3H])O[C@@H]2COP(C)(=O)OC2C[C@@H]([3H])O[C@@H]2COP(=O)(O)n2ccnc2)O1. The van der Waals surface area contributed by atoms with Gasteiger partial charge in [0.15, 0.2) is 0 Å². The van der Waals surface area contributed by atoms with Crippen molar-refractivity contribution in [1.82, 2.24) is 14.6 Å². The molecular formula is C22H38N3O14P3. The fourth-order valence-corrected chi connectivity index (χ4v) is 7.41. The van der Waals surface area contributed by atoms with Gasteiger partial charge in [0.25, 0.3) is 0 Å². The summed E-state index contributed by atoms with van der Waals surface area (Å²) in [7, 11) is -10.6. The summed E-state index contributed by atoms with van der Waals surface area (Å²) in [6.07, 6.45) is -2.57. The van der Waals surface area contributed by atoms with E-state index in [2.05, 4.69) is 10.3 Å². The largest absolute Gasteiger partial charge is 0.443 e. The summed E-state index contributed by atoms with van der Waals surface area (Å²) >= 11 is 0. The van der Waals surface area contributed by atoms with Crippen LogP contribution in [0.15, 0.2) is 18.7 Å². The van der Waals surface area contributed by atoms with Crippen LogP contribution in [0.5, 0.6) is 0 Å². The lowest BCUT2D eigenvalue weighted by Crippen LogP contribution is -2.34. The first kappa shape index (κ1) is 29.5. The van der Waals surface area contributed by atoms with Crippen LogP contribution in [0.4, 0.5) is 4.79 Å². The van der Waals surface area contributed by atoms with E-state index in [9.17, 15) is 23.4 Å². The monoisotopic (exact) mass is 667 g/mol. The number of carbonyl (C=O) groups excluding carboxylic acids is 1. The van der Waals surface area contributed by atoms with Crippen LogP contribution in [0.1, 0.15) is 23.4 Å². The van der Waals surface area contributed by atoms with Crippen molar-refractivity contribution in [2.75, 3.05) is 59.9 Å². The number of rotatable bonds is 15. The van der Waals surface area contributed by atoms with Gasteiger partial charge in [-0.1, -0.05) is 0 Å². The Bertz CT molecular complexity index is 1280. The molecule has 1 aromatic rings. The molecule has 42 heavy (non-hydrogen) atoms. The fourth-order valence-electron chi connectivity index (χ4n) is 4.13. The third-order valence-corrected chi connectivity index (χ3v) is 10.1. The van der Waals surface area contributed by atoms with E-state index in [1.54, 1.807) is 0 Å². The van der Waals surface area contributed by atoms with Crippen molar-refractivity contribution in [3.8, 4) is 0 Å². The molecule has 17 nitrogen and oxygen atoms in total. The molecule has 4 heterocycles. The third kappa shape index (κ3) is 9.65. The molecule has 3 saturated heterocycles. The Morgan fingerprint density at radius 2 is 1.40 bits per heavy atom. The molecule has 2 N–H and O–H groups in total. The second kappa shape index (κ2) is 14.7. The van der Waals surface area contributed by atoms with E-state index < -0.39 is 92.0 Å². The minimum Gasteiger partial charge on any atom is -0.443 e. The van der Waals surface area contributed by atoms with E-state index in [1.807, 2.05) is 0 Å². The molecule has 0 bridgehead atoms. The molecule has 0 spiro atoms. The maximum absolute atomic E-state index is 13.2. The number of nitrogens with zero attached hydrogens (tertiary/aromatic N) is 2. The molecule has 0 aromatic carbocycles. The number of hydrogen-bond acceptors (Lipinski definition) is 14. The number of ether oxygens (including phenoxy) is 4. The van der Waals surface area contributed by atoms with Crippen molar-refractivity contribution in [2.24, 2.45) is 0 Å². The van der Waals surface area contributed by atoms with Gasteiger partial charge in [0.2, 0.25) is 0 Å². The average molecular weight is 667 g/mol. The highest BCUT2D eigenvalue weighted by Crippen LogP contribution is 2.51. The standard InChI is InChI=1S/C22H38N3O14P3/c1-23-22(26)37-16-4-9-31-19(16)12-34-40(2,27)38-17-5-10-32-20(17)13-35-41(3,28)39-18-6-11-33-21(18)14-36-42(29,30)25-8-7-24-15-25/h7-8,15-21H,4-6,9-14H2,1-3H3,(H,23,26)(H,29,30)/t16?,17?,18?,19-,20-,21-,40?,41?/m1/s1/i9T,10T,11T/t9-,10-,11-,16?,17?,18?,19-,20-,21-,40?,41?. The lowest BCUT2D eigenvalue weighted by Gasteiger charge is -2.27. The van der Waals surface area contributed by atoms with Gasteiger partial charge in [-0.2, -0.15) is 0 Å². The van der Waals surface area contributed by atoms with Gasteiger partial charge in [-0.25, -0.2) is 18.7 Å². The Hall–Kier alpha value is -1.19. The zero-order chi connectivity index (χ0) is 33.0. The van der Waals surface area contributed by atoms with Crippen molar-refractivity contribution in [3.05, 3.63) is 18.7 Å². The van der Waals surface area contributed by atoms with E-state index in [-0.39, 0.29) is 32.5 Å². The van der Waals surface area contributed by atoms with E-state index in [0.717, 1.165) is 10.7 Å². The maximum Gasteiger partial charge on any atom is 0.437 e. The summed E-state index contributed by atoms with van der Waals surface area (Å²) in [5.74, 6) is 0. The molecule has 0 aliphatic carbocycles. The predicted octanol–water partition coefficient (Wildman–Crippen LogP) is 2.39. The summed E-state index contributed by atoms with van der Waals surface area (Å²) < 4.78 is 112. The van der Waals surface area contributed by atoms with Crippen LogP contribution >= 0.6 is 22.9 Å². The Balaban J connectivity index is 1.28. The number of amides is 1. The van der Waals surface area contributed by atoms with E-state index in [1.165, 1.54) is 32.8 Å². The van der Waals surface area contributed by atoms with Gasteiger partial charge in [0, 0.05) is 65.2 Å². The number of carbonyl (C=O) groups is 1. The molecule has 0 saturated carbocycles. The highest BCUT2D eigenvalue weighted by atomic mass is 31.2. The van der Waals surface area contributed by atoms with Crippen LogP contribution in [0, 0.1) is 0 Å². The molecular weight excluding hydrogens is 623 g/mol. The predicted molar refractivity (Wildman–Crippen MR) is 145 cm³/mol. The summed E-state index contributed by atoms with van der Waals surface area (Å²) in [5.41, 5.74) is 0. The van der Waals surface area contributed by atoms with Crippen LogP contribution in [-0.2, 0) is 55.3 Å². The second-order valence-corrected chi connectivity index (χ2v) is 15.3. The zero-order valence-electron chi connectivity index (χ0n) is 26.2. The summed E-state index contributed by atoms with van der Waals surface area (Å²) in [5, 5.41) is 2.31. The first-order valence-corrected chi connectivity index (χ1v) is 18.5. The first-order valence-electron chi connectivity index (χ1n) is 14.7. The molecule has 6 unspecified atom stereocenters. The van der Waals surface area contributed by atoms with Crippen LogP contribution in [0.25, 0.3) is 0 Å². The summed E-state index contributed by atoms with van der Waals surface area (Å²) in [6, 6.07) is 0. The minimum atomic E-state index is -4.29. The quantitative estimate of drug-likeness (QED) is 0.258. The molecule has 0 radical (unpaired) electrons. The van der Waals surface area contributed by atoms with E-state index in [0.29, 0.717) is 0 Å². The molecule has 1 amide bonds. The van der Waals surface area contributed by atoms with Gasteiger partial charge >= 0.3 is 29.0 Å². The van der Waals surface area contributed by atoms with Gasteiger partial charge in [-0.05, 0) is 0 Å². The van der Waals surface area contributed by atoms with Crippen LogP contribution in [0.3, 0.4) is 0 Å². The number of imidazole rings is 1. The van der Waals surface area contributed by atoms with Crippen molar-refractivity contribution in [3.63, 3.8) is 0 Å². The fraction of sp³-hybridized carbons (Fsp3) is 0.818. The Morgan fingerprint density at radius 1 is 0.929 bits per heavy atom. The van der Waals surface area contributed by atoms with E-state index >= 15 is 0 Å². The highest BCUT2D eigenvalue weighted by molar-refractivity contribution is 7.53. The van der Waals surface area contributed by atoms with Gasteiger partial charge in [-0.15, -0.1) is 0 Å². The number of nitrogens with one attached hydrogen (secondary N) is 1. The van der Waals surface area contributed by atoms with Gasteiger partial charge in [-0.3, -0.25) is 13.7 Å². The molecule has 20 heteroatoms. The van der Waals surface area contributed by atoms with Gasteiger partial charge in [0.05, 0.1) is 42.7 Å². The van der Waals surface area contributed by atoms with Gasteiger partial charge in [0.1, 0.15) is 30.7 Å². The molecule has 3 aliphatic rings. The lowest BCUT2D eigenvalue weighted by atomic mass is 10.2. The minimum absolute atomic E-state index is 0.00421. The summed E-state index contributed by atoms with van der Waals surface area (Å²) in [4.78, 5) is 25.4. The molecule has 240 valence electrons. The second-order valence-electron chi connectivity index (χ2n) is 9.58. The Kier molecular flexibility index (Phi) is 10.3. The molecule has 4 rings (SSSR count). The first-order chi connectivity index (χ1) is 21.1. The van der Waals surface area contributed by atoms with Gasteiger partial charge < -0.3 is 47.3 Å². The van der Waals surface area contributed by atoms with Crippen molar-refractivity contribution in [1.29, 1.82) is 0 Å². The zero-order valence-corrected chi connectivity index (χ0v) is 25.8. The number of hydrogen-bond donors (Lipinski definition) is 2. The molecule has 3 aliphatic heterocycles. The lowest BCUT2D eigenvalue weighted by molar-refractivity contribution is -0.0143. The highest BCUT2D eigenvalue weighted by Gasteiger charge is 2.40. The van der Waals surface area contributed by atoms with Crippen LogP contribution in [0.2, 0.25) is 0 Å². The van der Waals surface area contributed by atoms with Crippen LogP contribution in [-0.4, -0.2) is 117 Å². The third-order valence-electron chi connectivity index (χ3n) is 6.29. The Morgan fingerprint density at radius 3 is 1.88 bits per heavy atom. The molecule has 12 atom stereocenters. The number of aromatic nitrogens is 2. The molecule has 3 fully saturated rings. The number of alkyl carbamates (subject to hydrolysis) is 1. The topological polar surface area (TPSA) is 201 Å². The summed E-state index contributed by atoms with van der Waals surface area (Å²) in [6.45, 7) is -1.85. The van der Waals surface area contributed by atoms with Crippen molar-refractivity contribution >= 4 is 29.0 Å². The molecule has 1 aromatic heterocycles. The van der Waals surface area contributed by atoms with Crippen molar-refractivity contribution < 1.29 is 69.1 Å². The Labute approximate surface area is 247 Å². The average Bonchev–Trinajstić information content (AvgIpc) is 3.73. The van der Waals surface area contributed by atoms with Crippen molar-refractivity contribution in [2.45, 2.75) is 55.9 Å². The normalized spacial score (nSPS) is 38.5. The van der Waals surface area contributed by atoms with E-state index in [4.69, 9.17) is 45.7 Å². The smallest absolute Gasteiger partial charge is 0.437 e. The van der Waals surface area contributed by atoms with Crippen LogP contribution < -0.4 is 5.32 Å².